The summed E-state index contributed by atoms with van der Waals surface area (Å²) in [6.07, 6.45) is 1.56. The Morgan fingerprint density at radius 3 is 2.82 bits per heavy atom. The maximum atomic E-state index is 11.1. The number of hydrogen-bond acceptors (Lipinski definition) is 5. The van der Waals surface area contributed by atoms with Gasteiger partial charge >= 0.3 is 0 Å². The molecular formula is C11H11N3O2S. The summed E-state index contributed by atoms with van der Waals surface area (Å²) < 4.78 is 5.20. The van der Waals surface area contributed by atoms with Crippen molar-refractivity contribution in [3.8, 4) is 0 Å². The Balaban J connectivity index is 2.28. The van der Waals surface area contributed by atoms with Crippen molar-refractivity contribution in [1.82, 2.24) is 4.98 Å². The quantitative estimate of drug-likeness (QED) is 0.809. The molecule has 1 amide bonds. The largest absolute Gasteiger partial charge is 0.439 e. The molecule has 1 aromatic heterocycles. The molecular weight excluding hydrogens is 238 g/mol. The molecule has 5 nitrogen and oxygen atoms in total. The minimum Gasteiger partial charge on any atom is -0.439 e. The number of carbonyl (C=O) groups is 1. The lowest BCUT2D eigenvalue weighted by atomic mass is 10.2. The number of anilines is 1. The predicted octanol–water partition coefficient (Wildman–Crippen LogP) is 1.82. The molecule has 0 aliphatic rings. The maximum absolute atomic E-state index is 11.1. The van der Waals surface area contributed by atoms with Gasteiger partial charge in [0, 0.05) is 10.6 Å². The fourth-order valence-electron chi connectivity index (χ4n) is 1.29. The molecule has 88 valence electrons. The number of nitrogens with zero attached hydrogens (tertiary/aromatic N) is 1. The van der Waals surface area contributed by atoms with Crippen LogP contribution in [0.2, 0.25) is 0 Å². The van der Waals surface area contributed by atoms with E-state index in [1.165, 1.54) is 11.8 Å². The van der Waals surface area contributed by atoms with Gasteiger partial charge in [-0.3, -0.25) is 4.79 Å². The van der Waals surface area contributed by atoms with Crippen LogP contribution in [0.5, 0.6) is 0 Å². The van der Waals surface area contributed by atoms with Crippen molar-refractivity contribution in [3.63, 3.8) is 0 Å². The van der Waals surface area contributed by atoms with Gasteiger partial charge in [0.1, 0.15) is 6.26 Å². The van der Waals surface area contributed by atoms with Gasteiger partial charge in [-0.15, -0.1) is 0 Å². The minimum absolute atomic E-state index is 0.304. The van der Waals surface area contributed by atoms with Gasteiger partial charge in [-0.05, 0) is 36.9 Å². The first kappa shape index (κ1) is 11.5. The third-order valence-corrected chi connectivity index (χ3v) is 2.95. The van der Waals surface area contributed by atoms with Crippen LogP contribution in [0.25, 0.3) is 0 Å². The SMILES string of the molecule is Cc1coc(Sc2ccc(N)c(C(N)=O)c2)n1. The molecule has 0 spiro atoms. The van der Waals surface area contributed by atoms with E-state index < -0.39 is 5.91 Å². The number of nitrogen functional groups attached to an aromatic ring is 1. The molecule has 0 aliphatic carbocycles. The Morgan fingerprint density at radius 2 is 2.24 bits per heavy atom. The molecule has 1 aromatic carbocycles. The maximum Gasteiger partial charge on any atom is 0.260 e. The third kappa shape index (κ3) is 2.59. The van der Waals surface area contributed by atoms with Crippen LogP contribution in [-0.4, -0.2) is 10.9 Å². The van der Waals surface area contributed by atoms with E-state index in [2.05, 4.69) is 4.98 Å². The van der Waals surface area contributed by atoms with Gasteiger partial charge < -0.3 is 15.9 Å². The number of aryl methyl sites for hydroxylation is 1. The smallest absolute Gasteiger partial charge is 0.260 e. The summed E-state index contributed by atoms with van der Waals surface area (Å²) in [6.45, 7) is 1.84. The number of oxazole rings is 1. The van der Waals surface area contributed by atoms with Crippen molar-refractivity contribution in [2.75, 3.05) is 5.73 Å². The summed E-state index contributed by atoms with van der Waals surface area (Å²) in [5.74, 6) is -0.548. The number of primary amides is 1. The van der Waals surface area contributed by atoms with E-state index in [1.807, 2.05) is 6.92 Å². The molecule has 6 heteroatoms. The number of carbonyl (C=O) groups excluding carboxylic acids is 1. The van der Waals surface area contributed by atoms with Crippen molar-refractivity contribution >= 4 is 23.4 Å². The second kappa shape index (κ2) is 4.50. The zero-order chi connectivity index (χ0) is 12.4. The van der Waals surface area contributed by atoms with Gasteiger partial charge in [-0.2, -0.15) is 0 Å². The molecule has 0 saturated carbocycles. The van der Waals surface area contributed by atoms with E-state index in [0.29, 0.717) is 16.5 Å². The molecule has 0 aliphatic heterocycles. The topological polar surface area (TPSA) is 95.1 Å². The van der Waals surface area contributed by atoms with Crippen LogP contribution in [0.15, 0.2) is 39.0 Å². The number of aromatic nitrogens is 1. The van der Waals surface area contributed by atoms with Gasteiger partial charge in [-0.1, -0.05) is 0 Å². The van der Waals surface area contributed by atoms with Crippen LogP contribution in [0.3, 0.4) is 0 Å². The normalized spacial score (nSPS) is 10.4. The molecule has 0 saturated heterocycles. The average Bonchev–Trinajstić information content (AvgIpc) is 2.66. The molecule has 0 unspecified atom stereocenters. The minimum atomic E-state index is -0.548. The van der Waals surface area contributed by atoms with E-state index in [0.717, 1.165) is 10.6 Å². The molecule has 4 N–H and O–H groups in total. The lowest BCUT2D eigenvalue weighted by molar-refractivity contribution is 0.100. The Hall–Kier alpha value is -1.95. The number of hydrogen-bond donors (Lipinski definition) is 2. The summed E-state index contributed by atoms with van der Waals surface area (Å²) in [6, 6.07) is 5.05. The molecule has 0 fully saturated rings. The van der Waals surface area contributed by atoms with E-state index in [-0.39, 0.29) is 0 Å². The van der Waals surface area contributed by atoms with Crippen molar-refractivity contribution in [2.45, 2.75) is 17.0 Å². The van der Waals surface area contributed by atoms with Crippen LogP contribution < -0.4 is 11.5 Å². The van der Waals surface area contributed by atoms with E-state index >= 15 is 0 Å². The first-order chi connectivity index (χ1) is 8.06. The fraction of sp³-hybridized carbons (Fsp3) is 0.0909. The van der Waals surface area contributed by atoms with Crippen LogP contribution >= 0.6 is 11.8 Å². The molecule has 2 aromatic rings. The summed E-state index contributed by atoms with van der Waals surface area (Å²) >= 11 is 1.31. The zero-order valence-electron chi connectivity index (χ0n) is 9.14. The third-order valence-electron chi connectivity index (χ3n) is 2.09. The Labute approximate surface area is 102 Å². The molecule has 17 heavy (non-hydrogen) atoms. The van der Waals surface area contributed by atoms with E-state index in [4.69, 9.17) is 15.9 Å². The van der Waals surface area contributed by atoms with Gasteiger partial charge in [0.2, 0.25) is 0 Å². The highest BCUT2D eigenvalue weighted by atomic mass is 32.2. The number of amides is 1. The summed E-state index contributed by atoms with van der Waals surface area (Å²) in [5.41, 5.74) is 12.3. The van der Waals surface area contributed by atoms with Gasteiger partial charge in [0.25, 0.3) is 11.1 Å². The standard InChI is InChI=1S/C11H11N3O2S/c1-6-5-16-11(14-6)17-7-2-3-9(12)8(4-7)10(13)15/h2-5H,12H2,1H3,(H2,13,15). The summed E-state index contributed by atoms with van der Waals surface area (Å²) in [5, 5.41) is 0.516. The Morgan fingerprint density at radius 1 is 1.47 bits per heavy atom. The second-order valence-electron chi connectivity index (χ2n) is 3.47. The summed E-state index contributed by atoms with van der Waals surface area (Å²) in [4.78, 5) is 16.1. The van der Waals surface area contributed by atoms with Crippen LogP contribution in [0.4, 0.5) is 5.69 Å². The van der Waals surface area contributed by atoms with Crippen molar-refractivity contribution in [3.05, 3.63) is 35.7 Å². The lowest BCUT2D eigenvalue weighted by Crippen LogP contribution is -2.13. The van der Waals surface area contributed by atoms with Crippen LogP contribution in [0, 0.1) is 6.92 Å². The zero-order valence-corrected chi connectivity index (χ0v) is 9.95. The van der Waals surface area contributed by atoms with Crippen LogP contribution in [-0.2, 0) is 0 Å². The van der Waals surface area contributed by atoms with Crippen LogP contribution in [0.1, 0.15) is 16.1 Å². The van der Waals surface area contributed by atoms with Gasteiger partial charge in [0.15, 0.2) is 0 Å². The number of rotatable bonds is 3. The average molecular weight is 249 g/mol. The number of nitrogens with two attached hydrogens (primary N) is 2. The molecule has 0 radical (unpaired) electrons. The van der Waals surface area contributed by atoms with Crippen molar-refractivity contribution in [2.24, 2.45) is 5.73 Å². The van der Waals surface area contributed by atoms with Gasteiger partial charge in [0.05, 0.1) is 11.3 Å². The van der Waals surface area contributed by atoms with Crippen molar-refractivity contribution < 1.29 is 9.21 Å². The van der Waals surface area contributed by atoms with E-state index in [9.17, 15) is 4.79 Å². The van der Waals surface area contributed by atoms with Gasteiger partial charge in [-0.25, -0.2) is 4.98 Å². The highest BCUT2D eigenvalue weighted by Gasteiger charge is 2.09. The first-order valence-electron chi connectivity index (χ1n) is 4.85. The summed E-state index contributed by atoms with van der Waals surface area (Å²) in [7, 11) is 0. The predicted molar refractivity (Wildman–Crippen MR) is 64.7 cm³/mol. The monoisotopic (exact) mass is 249 g/mol. The molecule has 0 atom stereocenters. The molecule has 1 heterocycles. The first-order valence-corrected chi connectivity index (χ1v) is 5.67. The van der Waals surface area contributed by atoms with Crippen molar-refractivity contribution in [1.29, 1.82) is 0 Å². The fourth-order valence-corrected chi connectivity index (χ4v) is 2.09. The molecule has 0 bridgehead atoms. The Bertz CT molecular complexity index is 566. The highest BCUT2D eigenvalue weighted by molar-refractivity contribution is 7.99. The lowest BCUT2D eigenvalue weighted by Gasteiger charge is -2.03. The number of benzene rings is 1. The van der Waals surface area contributed by atoms with E-state index in [1.54, 1.807) is 24.5 Å². The Kier molecular flexibility index (Phi) is 3.06. The molecule has 2 rings (SSSR count). The highest BCUT2D eigenvalue weighted by Crippen LogP contribution is 2.29. The second-order valence-corrected chi connectivity index (χ2v) is 4.49.